The van der Waals surface area contributed by atoms with Crippen molar-refractivity contribution in [2.24, 2.45) is 5.41 Å². The van der Waals surface area contributed by atoms with Crippen molar-refractivity contribution < 1.29 is 14.0 Å². The van der Waals surface area contributed by atoms with E-state index >= 15 is 0 Å². The number of oxazole rings is 1. The first-order valence-corrected chi connectivity index (χ1v) is 7.77. The maximum atomic E-state index is 12.3. The molecule has 2 aromatic rings. The first kappa shape index (κ1) is 16.1. The van der Waals surface area contributed by atoms with Gasteiger partial charge in [-0.25, -0.2) is 4.79 Å². The maximum absolute atomic E-state index is 12.3. The van der Waals surface area contributed by atoms with Crippen molar-refractivity contribution in [3.8, 4) is 11.8 Å². The monoisotopic (exact) mass is 326 g/mol. The van der Waals surface area contributed by atoms with Gasteiger partial charge in [0.2, 0.25) is 11.8 Å². The van der Waals surface area contributed by atoms with Crippen LogP contribution in [0.5, 0.6) is 0 Å². The molecule has 1 aromatic carbocycles. The molecule has 0 radical (unpaired) electrons. The molecule has 1 saturated heterocycles. The topological polar surface area (TPSA) is 81.3 Å². The van der Waals surface area contributed by atoms with E-state index in [4.69, 9.17) is 4.42 Å². The number of hydrogen-bond acceptors (Lipinski definition) is 4. The normalized spacial score (nSPS) is 18.2. The summed E-state index contributed by atoms with van der Waals surface area (Å²) >= 11 is 0. The van der Waals surface area contributed by atoms with Crippen LogP contribution in [0, 0.1) is 17.3 Å². The number of piperidine rings is 1. The van der Waals surface area contributed by atoms with Gasteiger partial charge in [0, 0.05) is 11.8 Å². The van der Waals surface area contributed by atoms with Crippen LogP contribution in [0.2, 0.25) is 0 Å². The summed E-state index contributed by atoms with van der Waals surface area (Å²) in [5, 5.41) is 2.26. The van der Waals surface area contributed by atoms with Crippen LogP contribution in [0.15, 0.2) is 27.4 Å². The van der Waals surface area contributed by atoms with Crippen molar-refractivity contribution in [1.82, 2.24) is 9.88 Å². The Hall–Kier alpha value is -2.81. The summed E-state index contributed by atoms with van der Waals surface area (Å²) in [7, 11) is 0. The molecule has 6 nitrogen and oxygen atoms in total. The van der Waals surface area contributed by atoms with Crippen LogP contribution in [-0.4, -0.2) is 16.4 Å². The zero-order chi connectivity index (χ0) is 17.5. The fraction of sp³-hybridized carbons (Fsp3) is 0.389. The number of rotatable bonds is 1. The quantitative estimate of drug-likeness (QED) is 0.642. The molecular formula is C18H18N2O4. The van der Waals surface area contributed by atoms with Crippen LogP contribution in [0.25, 0.3) is 11.1 Å². The second-order valence-electron chi connectivity index (χ2n) is 6.86. The van der Waals surface area contributed by atoms with Gasteiger partial charge in [-0.15, -0.1) is 0 Å². The third-order valence-corrected chi connectivity index (χ3v) is 3.73. The first-order chi connectivity index (χ1) is 11.3. The SMILES string of the molecule is CC(C)(C)C#Cc1cccc2c1oc(=O)n2C1CCC(=O)NC1=O. The molecule has 0 saturated carbocycles. The van der Waals surface area contributed by atoms with Gasteiger partial charge in [0.1, 0.15) is 6.04 Å². The van der Waals surface area contributed by atoms with E-state index in [1.807, 2.05) is 20.8 Å². The van der Waals surface area contributed by atoms with E-state index in [1.165, 1.54) is 4.57 Å². The zero-order valence-electron chi connectivity index (χ0n) is 13.8. The van der Waals surface area contributed by atoms with Crippen LogP contribution >= 0.6 is 0 Å². The molecule has 6 heteroatoms. The van der Waals surface area contributed by atoms with Crippen molar-refractivity contribution in [3.05, 3.63) is 34.3 Å². The Balaban J connectivity index is 2.13. The van der Waals surface area contributed by atoms with E-state index in [-0.39, 0.29) is 24.2 Å². The lowest BCUT2D eigenvalue weighted by Crippen LogP contribution is -2.43. The van der Waals surface area contributed by atoms with Gasteiger partial charge in [-0.05, 0) is 39.3 Å². The molecule has 24 heavy (non-hydrogen) atoms. The molecular weight excluding hydrogens is 308 g/mol. The van der Waals surface area contributed by atoms with Crippen LogP contribution in [0.3, 0.4) is 0 Å². The number of benzene rings is 1. The molecule has 1 atom stereocenters. The van der Waals surface area contributed by atoms with E-state index in [1.54, 1.807) is 18.2 Å². The summed E-state index contributed by atoms with van der Waals surface area (Å²) < 4.78 is 6.67. The Morgan fingerprint density at radius 3 is 2.67 bits per heavy atom. The first-order valence-electron chi connectivity index (χ1n) is 7.77. The standard InChI is InChI=1S/C18H18N2O4/c1-18(2,3)10-9-11-5-4-6-12-15(11)24-17(23)20(12)13-7-8-14(21)19-16(13)22/h4-6,13H,7-8H2,1-3H3,(H,19,21,22). The van der Waals surface area contributed by atoms with Gasteiger partial charge in [0.25, 0.3) is 0 Å². The number of para-hydroxylation sites is 1. The molecule has 3 rings (SSSR count). The lowest BCUT2D eigenvalue weighted by molar-refractivity contribution is -0.135. The highest BCUT2D eigenvalue weighted by Gasteiger charge is 2.31. The lowest BCUT2D eigenvalue weighted by Gasteiger charge is -2.21. The molecule has 1 aliphatic rings. The van der Waals surface area contributed by atoms with E-state index in [0.29, 0.717) is 16.7 Å². The van der Waals surface area contributed by atoms with Crippen LogP contribution in [0.4, 0.5) is 0 Å². The average Bonchev–Trinajstić information content (AvgIpc) is 2.81. The Labute approximate surface area is 138 Å². The number of nitrogens with zero attached hydrogens (tertiary/aromatic N) is 1. The predicted molar refractivity (Wildman–Crippen MR) is 88.2 cm³/mol. The van der Waals surface area contributed by atoms with Crippen molar-refractivity contribution >= 4 is 22.9 Å². The summed E-state index contributed by atoms with van der Waals surface area (Å²) in [6, 6.07) is 4.51. The molecule has 1 N–H and O–H groups in total. The van der Waals surface area contributed by atoms with Crippen LogP contribution in [0.1, 0.15) is 45.2 Å². The second kappa shape index (κ2) is 5.68. The summed E-state index contributed by atoms with van der Waals surface area (Å²) in [6.07, 6.45) is 0.468. The molecule has 124 valence electrons. The third-order valence-electron chi connectivity index (χ3n) is 3.73. The number of fused-ring (bicyclic) bond motifs is 1. The number of carbonyl (C=O) groups excluding carboxylic acids is 2. The number of aromatic nitrogens is 1. The van der Waals surface area contributed by atoms with E-state index in [0.717, 1.165) is 0 Å². The number of imide groups is 1. The van der Waals surface area contributed by atoms with Crippen molar-refractivity contribution in [3.63, 3.8) is 0 Å². The van der Waals surface area contributed by atoms with Crippen LogP contribution in [-0.2, 0) is 9.59 Å². The van der Waals surface area contributed by atoms with Crippen molar-refractivity contribution in [1.29, 1.82) is 0 Å². The molecule has 1 aliphatic heterocycles. The number of amides is 2. The number of nitrogens with one attached hydrogen (secondary N) is 1. The second-order valence-corrected chi connectivity index (χ2v) is 6.86. The molecule has 1 unspecified atom stereocenters. The molecule has 1 fully saturated rings. The van der Waals surface area contributed by atoms with Crippen molar-refractivity contribution in [2.75, 3.05) is 0 Å². The zero-order valence-corrected chi connectivity index (χ0v) is 13.8. The Bertz CT molecular complexity index is 947. The fourth-order valence-corrected chi connectivity index (χ4v) is 2.63. The summed E-state index contributed by atoms with van der Waals surface area (Å²) in [5.74, 6) is 4.72. The van der Waals surface area contributed by atoms with E-state index < -0.39 is 17.7 Å². The van der Waals surface area contributed by atoms with Gasteiger partial charge in [-0.3, -0.25) is 19.5 Å². The van der Waals surface area contributed by atoms with Gasteiger partial charge in [0.05, 0.1) is 11.1 Å². The molecule has 0 bridgehead atoms. The smallest absolute Gasteiger partial charge is 0.406 e. The van der Waals surface area contributed by atoms with Gasteiger partial charge < -0.3 is 4.42 Å². The van der Waals surface area contributed by atoms with Gasteiger partial charge in [-0.2, -0.15) is 0 Å². The Kier molecular flexibility index (Phi) is 3.80. The van der Waals surface area contributed by atoms with E-state index in [9.17, 15) is 14.4 Å². The van der Waals surface area contributed by atoms with Gasteiger partial charge >= 0.3 is 5.76 Å². The fourth-order valence-electron chi connectivity index (χ4n) is 2.63. The van der Waals surface area contributed by atoms with Crippen molar-refractivity contribution in [2.45, 2.75) is 39.7 Å². The number of carbonyl (C=O) groups is 2. The Morgan fingerprint density at radius 1 is 1.25 bits per heavy atom. The number of hydrogen-bond donors (Lipinski definition) is 1. The molecule has 2 heterocycles. The average molecular weight is 326 g/mol. The van der Waals surface area contributed by atoms with E-state index in [2.05, 4.69) is 17.2 Å². The lowest BCUT2D eigenvalue weighted by atomic mass is 9.97. The molecule has 0 aliphatic carbocycles. The van der Waals surface area contributed by atoms with Crippen LogP contribution < -0.4 is 11.1 Å². The molecule has 1 aromatic heterocycles. The third kappa shape index (κ3) is 2.98. The maximum Gasteiger partial charge on any atom is 0.420 e. The summed E-state index contributed by atoms with van der Waals surface area (Å²) in [5.41, 5.74) is 1.29. The minimum absolute atomic E-state index is 0.186. The summed E-state index contributed by atoms with van der Waals surface area (Å²) in [6.45, 7) is 5.97. The highest BCUT2D eigenvalue weighted by molar-refractivity contribution is 6.00. The minimum Gasteiger partial charge on any atom is -0.406 e. The van der Waals surface area contributed by atoms with Gasteiger partial charge in [-0.1, -0.05) is 17.9 Å². The molecule has 2 amide bonds. The largest absolute Gasteiger partial charge is 0.420 e. The predicted octanol–water partition coefficient (Wildman–Crippen LogP) is 1.97. The van der Waals surface area contributed by atoms with Gasteiger partial charge in [0.15, 0.2) is 5.58 Å². The Morgan fingerprint density at radius 2 is 2.00 bits per heavy atom. The highest BCUT2D eigenvalue weighted by atomic mass is 16.4. The minimum atomic E-state index is -0.748. The highest BCUT2D eigenvalue weighted by Crippen LogP contribution is 2.25. The molecule has 0 spiro atoms. The summed E-state index contributed by atoms with van der Waals surface area (Å²) in [4.78, 5) is 35.7.